The van der Waals surface area contributed by atoms with Crippen LogP contribution in [0, 0.1) is 12.8 Å². The predicted octanol–water partition coefficient (Wildman–Crippen LogP) is 2.00. The Kier molecular flexibility index (Phi) is 4.27. The molecule has 2 unspecified atom stereocenters. The van der Waals surface area contributed by atoms with Gasteiger partial charge in [-0.05, 0) is 30.4 Å². The number of carbonyl (C=O) groups excluding carboxylic acids is 1. The fourth-order valence-corrected chi connectivity index (χ4v) is 3.90. The predicted molar refractivity (Wildman–Crippen MR) is 82.7 cm³/mol. The third-order valence-corrected chi connectivity index (χ3v) is 5.37. The van der Waals surface area contributed by atoms with E-state index in [0.717, 1.165) is 6.42 Å². The smallest absolute Gasteiger partial charge is 0.230 e. The monoisotopic (exact) mass is 324 g/mol. The molecule has 1 saturated carbocycles. The second kappa shape index (κ2) is 6.17. The first kappa shape index (κ1) is 14.6. The van der Waals surface area contributed by atoms with Gasteiger partial charge in [0, 0.05) is 22.5 Å². The summed E-state index contributed by atoms with van der Waals surface area (Å²) in [6.45, 7) is 2.16. The fraction of sp³-hybridized carbons (Fsp3) is 0.462. The van der Waals surface area contributed by atoms with E-state index < -0.39 is 0 Å². The van der Waals surface area contributed by atoms with Gasteiger partial charge >= 0.3 is 0 Å². The molecule has 21 heavy (non-hydrogen) atoms. The summed E-state index contributed by atoms with van der Waals surface area (Å²) < 4.78 is 0. The molecular weight excluding hydrogens is 308 g/mol. The van der Waals surface area contributed by atoms with Gasteiger partial charge in [-0.3, -0.25) is 10.1 Å². The molecule has 2 aromatic rings. The number of anilines is 1. The van der Waals surface area contributed by atoms with E-state index in [9.17, 15) is 4.79 Å². The Hall–Kier alpha value is -1.38. The maximum absolute atomic E-state index is 12.2. The summed E-state index contributed by atoms with van der Waals surface area (Å²) in [5.41, 5.74) is 1.27. The van der Waals surface area contributed by atoms with Gasteiger partial charge in [0.15, 0.2) is 0 Å². The average Bonchev–Trinajstić information content (AvgIpc) is 2.95. The van der Waals surface area contributed by atoms with Crippen molar-refractivity contribution in [3.8, 4) is 0 Å². The zero-order valence-corrected chi connectivity index (χ0v) is 13.1. The Morgan fingerprint density at radius 3 is 3.24 bits per heavy atom. The molecule has 1 aliphatic rings. The molecule has 1 aliphatic carbocycles. The summed E-state index contributed by atoms with van der Waals surface area (Å²) in [7, 11) is 0. The Bertz CT molecular complexity index is 640. The van der Waals surface area contributed by atoms with Crippen molar-refractivity contribution in [2.24, 2.45) is 5.92 Å². The van der Waals surface area contributed by atoms with Gasteiger partial charge < -0.3 is 5.11 Å². The van der Waals surface area contributed by atoms with Gasteiger partial charge in [0.05, 0.1) is 6.61 Å². The van der Waals surface area contributed by atoms with Crippen LogP contribution in [-0.2, 0) is 4.79 Å². The number of nitrogens with one attached hydrogen (secondary N) is 2. The molecular formula is C13H16N4O2S2. The van der Waals surface area contributed by atoms with Crippen molar-refractivity contribution in [1.82, 2.24) is 15.2 Å². The molecule has 0 aromatic carbocycles. The molecule has 3 rings (SSSR count). The standard InChI is InChI=1S/C13H16N4O2S2/c1-7-2-4-20-10(7)8-6-9(8)11(19)14-12-15-13(17-16-12)21-5-3-18/h2,4,8-9,18H,3,5-6H2,1H3,(H2,14,15,16,17,19). The summed E-state index contributed by atoms with van der Waals surface area (Å²) in [5.74, 6) is 1.27. The highest BCUT2D eigenvalue weighted by Crippen LogP contribution is 2.50. The lowest BCUT2D eigenvalue weighted by molar-refractivity contribution is -0.117. The number of thioether (sulfide) groups is 1. The number of hydrogen-bond acceptors (Lipinski definition) is 6. The highest BCUT2D eigenvalue weighted by Gasteiger charge is 2.45. The van der Waals surface area contributed by atoms with Crippen LogP contribution in [0.3, 0.4) is 0 Å². The SMILES string of the molecule is Cc1ccsc1C1CC1C(=O)Nc1nc(SCCO)n[nH]1. The molecule has 2 atom stereocenters. The molecule has 2 heterocycles. The molecule has 2 aromatic heterocycles. The number of hydrogen-bond donors (Lipinski definition) is 3. The second-order valence-corrected chi connectivity index (χ2v) is 6.95. The Balaban J connectivity index is 1.56. The van der Waals surface area contributed by atoms with Gasteiger partial charge in [-0.1, -0.05) is 11.8 Å². The number of aliphatic hydroxyl groups excluding tert-OH is 1. The average molecular weight is 324 g/mol. The molecule has 0 saturated heterocycles. The Morgan fingerprint density at radius 1 is 1.67 bits per heavy atom. The molecule has 8 heteroatoms. The quantitative estimate of drug-likeness (QED) is 0.707. The van der Waals surface area contributed by atoms with E-state index in [1.165, 1.54) is 22.2 Å². The van der Waals surface area contributed by atoms with E-state index >= 15 is 0 Å². The number of amides is 1. The van der Waals surface area contributed by atoms with Crippen LogP contribution in [-0.4, -0.2) is 38.6 Å². The van der Waals surface area contributed by atoms with Gasteiger partial charge in [0.2, 0.25) is 17.0 Å². The molecule has 0 bridgehead atoms. The molecule has 3 N–H and O–H groups in total. The van der Waals surface area contributed by atoms with E-state index in [4.69, 9.17) is 5.11 Å². The lowest BCUT2D eigenvalue weighted by atomic mass is 10.2. The number of aromatic amines is 1. The topological polar surface area (TPSA) is 90.9 Å². The van der Waals surface area contributed by atoms with E-state index in [2.05, 4.69) is 38.9 Å². The number of rotatable bonds is 6. The molecule has 6 nitrogen and oxygen atoms in total. The minimum absolute atomic E-state index is 0.0114. The fourth-order valence-electron chi connectivity index (χ4n) is 2.25. The number of thiophene rings is 1. The number of nitrogens with zero attached hydrogens (tertiary/aromatic N) is 2. The summed E-state index contributed by atoms with van der Waals surface area (Å²) >= 11 is 3.06. The zero-order valence-electron chi connectivity index (χ0n) is 11.5. The van der Waals surface area contributed by atoms with Crippen molar-refractivity contribution in [3.05, 3.63) is 21.9 Å². The first-order valence-electron chi connectivity index (χ1n) is 6.70. The van der Waals surface area contributed by atoms with Gasteiger partial charge in [0.1, 0.15) is 0 Å². The normalized spacial score (nSPS) is 20.5. The van der Waals surface area contributed by atoms with Crippen LogP contribution >= 0.6 is 23.1 Å². The molecule has 1 amide bonds. The van der Waals surface area contributed by atoms with E-state index in [0.29, 0.717) is 22.8 Å². The number of aliphatic hydroxyl groups is 1. The van der Waals surface area contributed by atoms with Crippen LogP contribution in [0.25, 0.3) is 0 Å². The summed E-state index contributed by atoms with van der Waals surface area (Å²) in [6, 6.07) is 2.09. The van der Waals surface area contributed by atoms with Crippen molar-refractivity contribution in [1.29, 1.82) is 0 Å². The van der Waals surface area contributed by atoms with E-state index in [-0.39, 0.29) is 18.4 Å². The summed E-state index contributed by atoms with van der Waals surface area (Å²) in [4.78, 5) is 17.6. The largest absolute Gasteiger partial charge is 0.396 e. The lowest BCUT2D eigenvalue weighted by Gasteiger charge is -2.00. The molecule has 1 fully saturated rings. The first-order chi connectivity index (χ1) is 10.2. The van der Waals surface area contributed by atoms with Crippen molar-refractivity contribution < 1.29 is 9.90 Å². The zero-order chi connectivity index (χ0) is 14.8. The van der Waals surface area contributed by atoms with Crippen molar-refractivity contribution in [2.45, 2.75) is 24.4 Å². The maximum atomic E-state index is 12.2. The Morgan fingerprint density at radius 2 is 2.52 bits per heavy atom. The van der Waals surface area contributed by atoms with Gasteiger partial charge in [-0.2, -0.15) is 4.98 Å². The number of carbonyl (C=O) groups is 1. The van der Waals surface area contributed by atoms with Crippen LogP contribution in [0.4, 0.5) is 5.95 Å². The van der Waals surface area contributed by atoms with Crippen LogP contribution in [0.1, 0.15) is 22.8 Å². The second-order valence-electron chi connectivity index (χ2n) is 4.94. The van der Waals surface area contributed by atoms with Gasteiger partial charge in [-0.15, -0.1) is 16.4 Å². The first-order valence-corrected chi connectivity index (χ1v) is 8.56. The molecule has 0 aliphatic heterocycles. The van der Waals surface area contributed by atoms with E-state index in [1.807, 2.05) is 0 Å². The third-order valence-electron chi connectivity index (χ3n) is 3.39. The van der Waals surface area contributed by atoms with Crippen LogP contribution < -0.4 is 5.32 Å². The van der Waals surface area contributed by atoms with Crippen molar-refractivity contribution >= 4 is 35.0 Å². The summed E-state index contributed by atoms with van der Waals surface area (Å²) in [5, 5.41) is 20.8. The van der Waals surface area contributed by atoms with Crippen molar-refractivity contribution in [2.75, 3.05) is 17.7 Å². The summed E-state index contributed by atoms with van der Waals surface area (Å²) in [6.07, 6.45) is 0.896. The minimum atomic E-state index is -0.0114. The number of aromatic nitrogens is 3. The maximum Gasteiger partial charge on any atom is 0.230 e. The van der Waals surface area contributed by atoms with E-state index in [1.54, 1.807) is 11.3 Å². The number of H-pyrrole nitrogens is 1. The lowest BCUT2D eigenvalue weighted by Crippen LogP contribution is -2.15. The molecule has 112 valence electrons. The van der Waals surface area contributed by atoms with Crippen LogP contribution in [0.2, 0.25) is 0 Å². The third kappa shape index (κ3) is 3.28. The van der Waals surface area contributed by atoms with Crippen molar-refractivity contribution in [3.63, 3.8) is 0 Å². The Labute approximate surface area is 130 Å². The number of aryl methyl sites for hydroxylation is 1. The van der Waals surface area contributed by atoms with Gasteiger partial charge in [-0.25, -0.2) is 5.10 Å². The molecule has 0 spiro atoms. The van der Waals surface area contributed by atoms with Crippen LogP contribution in [0.5, 0.6) is 0 Å². The minimum Gasteiger partial charge on any atom is -0.396 e. The molecule has 0 radical (unpaired) electrons. The van der Waals surface area contributed by atoms with Gasteiger partial charge in [0.25, 0.3) is 0 Å². The highest BCUT2D eigenvalue weighted by molar-refractivity contribution is 7.99. The van der Waals surface area contributed by atoms with Crippen LogP contribution in [0.15, 0.2) is 16.6 Å². The highest BCUT2D eigenvalue weighted by atomic mass is 32.2.